The topological polar surface area (TPSA) is 144 Å². The number of carbonyl (C=O) groups excluding carboxylic acids is 3. The zero-order chi connectivity index (χ0) is 37.4. The SMILES string of the molecule is CN(c1ccc(C#CCN2C(=O)c3ccccc3C2=O)cc1C(=O)Nc1ccc(S(=O)(=O)N2CCN(c3cc(Cl)cc(Cl)c3)CC2)cc1)S(C)(=O)=O. The zero-order valence-electron chi connectivity index (χ0n) is 27.8. The van der Waals surface area contributed by atoms with Crippen molar-refractivity contribution in [1.82, 2.24) is 9.21 Å². The fourth-order valence-corrected chi connectivity index (χ4v) is 8.27. The van der Waals surface area contributed by atoms with E-state index >= 15 is 0 Å². The van der Waals surface area contributed by atoms with Crippen LogP contribution in [0.25, 0.3) is 0 Å². The summed E-state index contributed by atoms with van der Waals surface area (Å²) >= 11 is 12.3. The van der Waals surface area contributed by atoms with E-state index in [-0.39, 0.29) is 41.5 Å². The minimum Gasteiger partial charge on any atom is -0.369 e. The molecule has 52 heavy (non-hydrogen) atoms. The van der Waals surface area contributed by atoms with Crippen molar-refractivity contribution in [2.24, 2.45) is 0 Å². The van der Waals surface area contributed by atoms with E-state index in [0.717, 1.165) is 21.1 Å². The summed E-state index contributed by atoms with van der Waals surface area (Å²) in [6, 6.07) is 21.7. The number of anilines is 3. The van der Waals surface area contributed by atoms with E-state index < -0.39 is 37.8 Å². The second-order valence-corrected chi connectivity index (χ2v) is 16.8. The summed E-state index contributed by atoms with van der Waals surface area (Å²) in [4.78, 5) is 42.1. The van der Waals surface area contributed by atoms with Gasteiger partial charge in [-0.1, -0.05) is 47.2 Å². The number of imide groups is 1. The molecule has 6 rings (SSSR count). The Bertz CT molecular complexity index is 2330. The number of sulfonamides is 2. The first-order valence-electron chi connectivity index (χ1n) is 15.8. The number of hydrogen-bond acceptors (Lipinski definition) is 8. The fraction of sp³-hybridized carbons (Fsp3) is 0.194. The third-order valence-corrected chi connectivity index (χ3v) is 12.2. The van der Waals surface area contributed by atoms with E-state index in [4.69, 9.17) is 23.2 Å². The number of rotatable bonds is 8. The van der Waals surface area contributed by atoms with Crippen molar-refractivity contribution < 1.29 is 31.2 Å². The molecule has 2 aliphatic rings. The van der Waals surface area contributed by atoms with Crippen LogP contribution in [0.15, 0.2) is 89.8 Å². The maximum atomic E-state index is 13.6. The Morgan fingerprint density at radius 1 is 0.827 bits per heavy atom. The summed E-state index contributed by atoms with van der Waals surface area (Å²) < 4.78 is 54.1. The molecule has 0 unspecified atom stereocenters. The molecule has 0 aromatic heterocycles. The zero-order valence-corrected chi connectivity index (χ0v) is 31.0. The second kappa shape index (κ2) is 14.6. The molecule has 3 amide bonds. The summed E-state index contributed by atoms with van der Waals surface area (Å²) in [7, 11) is -6.32. The molecule has 4 aromatic carbocycles. The molecule has 0 bridgehead atoms. The Balaban J connectivity index is 1.16. The van der Waals surface area contributed by atoms with E-state index in [0.29, 0.717) is 39.8 Å². The third-order valence-electron chi connectivity index (χ3n) is 8.63. The molecule has 4 aromatic rings. The molecule has 268 valence electrons. The number of halogens is 2. The molecule has 1 saturated heterocycles. The summed E-state index contributed by atoms with van der Waals surface area (Å²) in [6.07, 6.45) is 0.996. The minimum absolute atomic E-state index is 0.0315. The predicted octanol–water partition coefficient (Wildman–Crippen LogP) is 4.80. The number of benzene rings is 4. The molecule has 2 aliphatic heterocycles. The van der Waals surface area contributed by atoms with Gasteiger partial charge in [0.05, 0.1) is 40.1 Å². The van der Waals surface area contributed by atoms with Gasteiger partial charge in [-0.15, -0.1) is 0 Å². The van der Waals surface area contributed by atoms with Gasteiger partial charge >= 0.3 is 0 Å². The third kappa shape index (κ3) is 7.64. The van der Waals surface area contributed by atoms with Crippen molar-refractivity contribution in [3.05, 3.63) is 117 Å². The summed E-state index contributed by atoms with van der Waals surface area (Å²) in [5.41, 5.74) is 2.03. The van der Waals surface area contributed by atoms with Crippen molar-refractivity contribution in [3.63, 3.8) is 0 Å². The van der Waals surface area contributed by atoms with Gasteiger partial charge in [0.2, 0.25) is 20.0 Å². The van der Waals surface area contributed by atoms with Gasteiger partial charge in [-0.2, -0.15) is 4.31 Å². The van der Waals surface area contributed by atoms with Crippen molar-refractivity contribution in [1.29, 1.82) is 0 Å². The normalized spacial score (nSPS) is 14.8. The smallest absolute Gasteiger partial charge is 0.262 e. The molecule has 16 heteroatoms. The number of hydrogen-bond donors (Lipinski definition) is 1. The minimum atomic E-state index is -3.85. The van der Waals surface area contributed by atoms with Gasteiger partial charge in [-0.25, -0.2) is 16.8 Å². The van der Waals surface area contributed by atoms with Gasteiger partial charge in [-0.3, -0.25) is 23.6 Å². The van der Waals surface area contributed by atoms with E-state index in [1.165, 1.54) is 53.8 Å². The highest BCUT2D eigenvalue weighted by molar-refractivity contribution is 7.92. The number of nitrogens with one attached hydrogen (secondary N) is 1. The summed E-state index contributed by atoms with van der Waals surface area (Å²) in [6.45, 7) is 1.14. The van der Waals surface area contributed by atoms with Crippen LogP contribution in [-0.2, 0) is 20.0 Å². The first-order chi connectivity index (χ1) is 24.6. The van der Waals surface area contributed by atoms with E-state index in [9.17, 15) is 31.2 Å². The average molecular weight is 781 g/mol. The number of fused-ring (bicyclic) bond motifs is 1. The van der Waals surface area contributed by atoms with Crippen LogP contribution in [0, 0.1) is 11.8 Å². The van der Waals surface area contributed by atoms with Crippen molar-refractivity contribution in [3.8, 4) is 11.8 Å². The molecule has 1 fully saturated rings. The molecule has 0 radical (unpaired) electrons. The van der Waals surface area contributed by atoms with Crippen LogP contribution < -0.4 is 14.5 Å². The molecule has 0 saturated carbocycles. The highest BCUT2D eigenvalue weighted by Crippen LogP contribution is 2.29. The lowest BCUT2D eigenvalue weighted by Gasteiger charge is -2.35. The largest absolute Gasteiger partial charge is 0.369 e. The summed E-state index contributed by atoms with van der Waals surface area (Å²) in [5.74, 6) is 4.05. The van der Waals surface area contributed by atoms with Crippen molar-refractivity contribution in [2.45, 2.75) is 4.90 Å². The molecule has 2 heterocycles. The van der Waals surface area contributed by atoms with Gasteiger partial charge < -0.3 is 10.2 Å². The van der Waals surface area contributed by atoms with Gasteiger partial charge in [-0.05, 0) is 72.8 Å². The van der Waals surface area contributed by atoms with E-state index in [2.05, 4.69) is 17.2 Å². The van der Waals surface area contributed by atoms with Crippen LogP contribution in [-0.4, -0.2) is 89.8 Å². The van der Waals surface area contributed by atoms with Gasteiger partial charge in [0.1, 0.15) is 0 Å². The van der Waals surface area contributed by atoms with E-state index in [1.54, 1.807) is 42.5 Å². The average Bonchev–Trinajstić information content (AvgIpc) is 3.35. The first-order valence-corrected chi connectivity index (χ1v) is 19.8. The number of amides is 3. The van der Waals surface area contributed by atoms with Crippen molar-refractivity contribution >= 4 is 78.0 Å². The quantitative estimate of drug-likeness (QED) is 0.199. The highest BCUT2D eigenvalue weighted by Gasteiger charge is 2.34. The van der Waals surface area contributed by atoms with Crippen LogP contribution in [0.3, 0.4) is 0 Å². The Labute approximate surface area is 311 Å². The highest BCUT2D eigenvalue weighted by atomic mass is 35.5. The molecular formula is C36H31Cl2N5O7S2. The lowest BCUT2D eigenvalue weighted by molar-refractivity contribution is 0.0674. The Morgan fingerprint density at radius 2 is 1.42 bits per heavy atom. The molecular weight excluding hydrogens is 749 g/mol. The van der Waals surface area contributed by atoms with Gasteiger partial charge in [0.25, 0.3) is 17.7 Å². The Hall–Kier alpha value is -4.91. The van der Waals surface area contributed by atoms with Crippen LogP contribution in [0.4, 0.5) is 17.1 Å². The van der Waals surface area contributed by atoms with Crippen LogP contribution in [0.1, 0.15) is 36.6 Å². The van der Waals surface area contributed by atoms with Crippen LogP contribution in [0.2, 0.25) is 10.0 Å². The Morgan fingerprint density at radius 3 is 2.00 bits per heavy atom. The lowest BCUT2D eigenvalue weighted by Crippen LogP contribution is -2.48. The fourth-order valence-electron chi connectivity index (χ4n) is 5.82. The Kier molecular flexibility index (Phi) is 10.4. The van der Waals surface area contributed by atoms with Gasteiger partial charge in [0.15, 0.2) is 0 Å². The molecule has 0 atom stereocenters. The number of nitrogens with zero attached hydrogens (tertiary/aromatic N) is 4. The van der Waals surface area contributed by atoms with Crippen LogP contribution >= 0.6 is 23.2 Å². The number of carbonyl (C=O) groups is 3. The maximum absolute atomic E-state index is 13.6. The molecule has 0 spiro atoms. The molecule has 0 aliphatic carbocycles. The van der Waals surface area contributed by atoms with Crippen LogP contribution in [0.5, 0.6) is 0 Å². The monoisotopic (exact) mass is 779 g/mol. The predicted molar refractivity (Wildman–Crippen MR) is 200 cm³/mol. The van der Waals surface area contributed by atoms with E-state index in [1.807, 2.05) is 4.90 Å². The number of piperazine rings is 1. The standard InChI is InChI=1S/C36H31Cl2N5O7S2/c1-40(51(2,47)48)33-14-9-24(6-5-15-43-35(45)30-7-3-4-8-31(30)36(43)46)20-32(33)34(44)39-27-10-12-29(13-11-27)52(49,50)42-18-16-41(17-19-42)28-22-25(37)21-26(38)23-28/h3-4,7-14,20-23H,15-19H2,1-2H3,(H,39,44). The lowest BCUT2D eigenvalue weighted by atomic mass is 10.1. The maximum Gasteiger partial charge on any atom is 0.262 e. The first kappa shape index (κ1) is 36.9. The van der Waals surface area contributed by atoms with Crippen molar-refractivity contribution in [2.75, 3.05) is 60.5 Å². The summed E-state index contributed by atoms with van der Waals surface area (Å²) in [5, 5.41) is 3.68. The second-order valence-electron chi connectivity index (χ2n) is 12.0. The molecule has 12 nitrogen and oxygen atoms in total. The van der Waals surface area contributed by atoms with Gasteiger partial charge in [0, 0.05) is 60.2 Å². The molecule has 1 N–H and O–H groups in total.